The van der Waals surface area contributed by atoms with Crippen molar-refractivity contribution < 1.29 is 23.8 Å². The Morgan fingerprint density at radius 3 is 2.96 bits per heavy atom. The molecule has 0 aliphatic carbocycles. The number of anilines is 1. The quantitative estimate of drug-likeness (QED) is 0.817. The zero-order chi connectivity index (χ0) is 17.6. The van der Waals surface area contributed by atoms with Crippen LogP contribution in [0.3, 0.4) is 0 Å². The minimum Gasteiger partial charge on any atom is -0.489 e. The summed E-state index contributed by atoms with van der Waals surface area (Å²) in [4.78, 5) is 23.3. The number of fused-ring (bicyclic) bond motifs is 1. The lowest BCUT2D eigenvalue weighted by atomic mass is 10.1. The lowest BCUT2D eigenvalue weighted by molar-refractivity contribution is -0.118. The van der Waals surface area contributed by atoms with Crippen LogP contribution in [0.5, 0.6) is 11.5 Å². The van der Waals surface area contributed by atoms with Crippen LogP contribution in [0.4, 0.5) is 5.69 Å². The molecule has 2 aromatic carbocycles. The van der Waals surface area contributed by atoms with Gasteiger partial charge in [-0.1, -0.05) is 19.1 Å². The van der Waals surface area contributed by atoms with Crippen molar-refractivity contribution >= 4 is 17.6 Å². The second-order valence-corrected chi connectivity index (χ2v) is 5.62. The molecule has 6 heteroatoms. The molecule has 0 atom stereocenters. The third-order valence-corrected chi connectivity index (χ3v) is 3.59. The first-order chi connectivity index (χ1) is 12.2. The highest BCUT2D eigenvalue weighted by Crippen LogP contribution is 2.31. The lowest BCUT2D eigenvalue weighted by Gasteiger charge is -2.18. The van der Waals surface area contributed by atoms with Crippen LogP contribution in [0.2, 0.25) is 0 Å². The summed E-state index contributed by atoms with van der Waals surface area (Å²) in [6, 6.07) is 12.4. The van der Waals surface area contributed by atoms with E-state index >= 15 is 0 Å². The first kappa shape index (κ1) is 16.8. The van der Waals surface area contributed by atoms with Gasteiger partial charge in [0.05, 0.1) is 17.9 Å². The fourth-order valence-electron chi connectivity index (χ4n) is 2.38. The van der Waals surface area contributed by atoms with Gasteiger partial charge in [0, 0.05) is 6.07 Å². The Morgan fingerprint density at radius 1 is 1.24 bits per heavy atom. The molecular weight excluding hydrogens is 322 g/mol. The van der Waals surface area contributed by atoms with Crippen molar-refractivity contribution in [2.24, 2.45) is 0 Å². The molecular formula is C19H19NO5. The molecule has 0 aromatic heterocycles. The van der Waals surface area contributed by atoms with Gasteiger partial charge in [-0.25, -0.2) is 4.79 Å². The van der Waals surface area contributed by atoms with E-state index in [9.17, 15) is 9.59 Å². The Balaban J connectivity index is 1.65. The first-order valence-corrected chi connectivity index (χ1v) is 8.11. The highest BCUT2D eigenvalue weighted by atomic mass is 16.5. The fraction of sp³-hybridized carbons (Fsp3) is 0.263. The van der Waals surface area contributed by atoms with Gasteiger partial charge in [-0.15, -0.1) is 0 Å². The fourth-order valence-corrected chi connectivity index (χ4v) is 2.38. The van der Waals surface area contributed by atoms with E-state index in [0.29, 0.717) is 36.0 Å². The molecule has 0 bridgehead atoms. The third-order valence-electron chi connectivity index (χ3n) is 3.59. The van der Waals surface area contributed by atoms with Crippen molar-refractivity contribution in [2.45, 2.75) is 20.0 Å². The highest BCUT2D eigenvalue weighted by Gasteiger charge is 2.16. The Labute approximate surface area is 145 Å². The molecule has 3 rings (SSSR count). The first-order valence-electron chi connectivity index (χ1n) is 8.11. The van der Waals surface area contributed by atoms with Gasteiger partial charge in [0.15, 0.2) is 6.61 Å². The van der Waals surface area contributed by atoms with E-state index in [4.69, 9.17) is 14.2 Å². The Morgan fingerprint density at radius 2 is 2.12 bits per heavy atom. The number of hydrogen-bond donors (Lipinski definition) is 1. The molecule has 1 aliphatic rings. The summed E-state index contributed by atoms with van der Waals surface area (Å²) in [7, 11) is 0. The standard InChI is InChI=1S/C19H19NO5/c1-2-8-23-19(22)14-5-3-4-13(9-14)11-24-15-6-7-17-16(10-15)20-18(21)12-25-17/h3-7,9-10H,2,8,11-12H2,1H3,(H,20,21). The zero-order valence-electron chi connectivity index (χ0n) is 13.9. The molecule has 0 saturated heterocycles. The summed E-state index contributed by atoms with van der Waals surface area (Å²) >= 11 is 0. The van der Waals surface area contributed by atoms with Crippen LogP contribution in [-0.2, 0) is 16.1 Å². The van der Waals surface area contributed by atoms with E-state index in [1.54, 1.807) is 36.4 Å². The van der Waals surface area contributed by atoms with E-state index in [2.05, 4.69) is 5.32 Å². The summed E-state index contributed by atoms with van der Waals surface area (Å²) in [5.41, 5.74) is 1.94. The van der Waals surface area contributed by atoms with Crippen LogP contribution in [0.15, 0.2) is 42.5 Å². The summed E-state index contributed by atoms with van der Waals surface area (Å²) in [5.74, 6) is 0.691. The van der Waals surface area contributed by atoms with Crippen molar-refractivity contribution in [3.63, 3.8) is 0 Å². The van der Waals surface area contributed by atoms with Crippen LogP contribution < -0.4 is 14.8 Å². The number of esters is 1. The maximum absolute atomic E-state index is 11.9. The van der Waals surface area contributed by atoms with Crippen LogP contribution in [0, 0.1) is 0 Å². The normalized spacial score (nSPS) is 12.6. The molecule has 130 valence electrons. The molecule has 0 saturated carbocycles. The number of rotatable bonds is 6. The molecule has 0 fully saturated rings. The summed E-state index contributed by atoms with van der Waals surface area (Å²) < 4.78 is 16.2. The topological polar surface area (TPSA) is 73.9 Å². The summed E-state index contributed by atoms with van der Waals surface area (Å²) in [6.45, 7) is 2.67. The molecule has 1 N–H and O–H groups in total. The van der Waals surface area contributed by atoms with Gasteiger partial charge < -0.3 is 19.5 Å². The molecule has 1 aliphatic heterocycles. The molecule has 0 radical (unpaired) electrons. The van der Waals surface area contributed by atoms with Crippen LogP contribution in [0.25, 0.3) is 0 Å². The minimum absolute atomic E-state index is 0.0220. The van der Waals surface area contributed by atoms with Crippen LogP contribution >= 0.6 is 0 Å². The van der Waals surface area contributed by atoms with E-state index < -0.39 is 0 Å². The second kappa shape index (κ2) is 7.70. The molecule has 0 spiro atoms. The van der Waals surface area contributed by atoms with E-state index in [0.717, 1.165) is 12.0 Å². The smallest absolute Gasteiger partial charge is 0.338 e. The van der Waals surface area contributed by atoms with Gasteiger partial charge >= 0.3 is 5.97 Å². The second-order valence-electron chi connectivity index (χ2n) is 5.62. The van der Waals surface area contributed by atoms with Gasteiger partial charge in [0.2, 0.25) is 0 Å². The number of nitrogens with one attached hydrogen (secondary N) is 1. The number of amides is 1. The van der Waals surface area contributed by atoms with Crippen molar-refractivity contribution in [3.05, 3.63) is 53.6 Å². The largest absolute Gasteiger partial charge is 0.489 e. The molecule has 25 heavy (non-hydrogen) atoms. The summed E-state index contributed by atoms with van der Waals surface area (Å²) in [5, 5.41) is 2.74. The van der Waals surface area contributed by atoms with Crippen LogP contribution in [-0.4, -0.2) is 25.1 Å². The number of hydrogen-bond acceptors (Lipinski definition) is 5. The molecule has 2 aromatic rings. The third kappa shape index (κ3) is 4.29. The van der Waals surface area contributed by atoms with Crippen molar-refractivity contribution in [2.75, 3.05) is 18.5 Å². The molecule has 0 unspecified atom stereocenters. The SMILES string of the molecule is CCCOC(=O)c1cccc(COc2ccc3c(c2)NC(=O)CO3)c1. The number of carbonyl (C=O) groups excluding carboxylic acids is 2. The Kier molecular flexibility index (Phi) is 5.18. The molecule has 6 nitrogen and oxygen atoms in total. The van der Waals surface area contributed by atoms with Crippen molar-refractivity contribution in [1.29, 1.82) is 0 Å². The number of benzene rings is 2. The van der Waals surface area contributed by atoms with Gasteiger partial charge in [-0.3, -0.25) is 4.79 Å². The van der Waals surface area contributed by atoms with Gasteiger partial charge in [0.1, 0.15) is 18.1 Å². The number of ether oxygens (including phenoxy) is 3. The minimum atomic E-state index is -0.336. The average molecular weight is 341 g/mol. The van der Waals surface area contributed by atoms with Crippen LogP contribution in [0.1, 0.15) is 29.3 Å². The maximum Gasteiger partial charge on any atom is 0.338 e. The van der Waals surface area contributed by atoms with E-state index in [1.807, 2.05) is 13.0 Å². The summed E-state index contributed by atoms with van der Waals surface area (Å²) in [6.07, 6.45) is 0.785. The highest BCUT2D eigenvalue weighted by molar-refractivity contribution is 5.95. The van der Waals surface area contributed by atoms with E-state index in [1.165, 1.54) is 0 Å². The Bertz CT molecular complexity index is 787. The Hall–Kier alpha value is -3.02. The van der Waals surface area contributed by atoms with Gasteiger partial charge in [-0.05, 0) is 36.2 Å². The molecule has 1 amide bonds. The van der Waals surface area contributed by atoms with Gasteiger partial charge in [-0.2, -0.15) is 0 Å². The monoisotopic (exact) mass is 341 g/mol. The number of carbonyl (C=O) groups is 2. The predicted octanol–water partition coefficient (Wildman–Crippen LogP) is 3.16. The van der Waals surface area contributed by atoms with Crippen molar-refractivity contribution in [3.8, 4) is 11.5 Å². The average Bonchev–Trinajstić information content (AvgIpc) is 2.64. The van der Waals surface area contributed by atoms with Gasteiger partial charge in [0.25, 0.3) is 5.91 Å². The van der Waals surface area contributed by atoms with Crippen molar-refractivity contribution in [1.82, 2.24) is 0 Å². The predicted molar refractivity (Wildman–Crippen MR) is 91.9 cm³/mol. The lowest BCUT2D eigenvalue weighted by Crippen LogP contribution is -2.25. The zero-order valence-corrected chi connectivity index (χ0v) is 13.9. The van der Waals surface area contributed by atoms with E-state index in [-0.39, 0.29) is 18.5 Å². The molecule has 1 heterocycles. The maximum atomic E-state index is 11.9.